The molecular weight excluding hydrogens is 527 g/mol. The van der Waals surface area contributed by atoms with E-state index in [0.29, 0.717) is 28.0 Å². The topological polar surface area (TPSA) is 134 Å². The summed E-state index contributed by atoms with van der Waals surface area (Å²) < 4.78 is 44.3. The van der Waals surface area contributed by atoms with Crippen molar-refractivity contribution in [3.63, 3.8) is 0 Å². The summed E-state index contributed by atoms with van der Waals surface area (Å²) in [5.74, 6) is 0.376. The first kappa shape index (κ1) is 26.7. The molecule has 0 aliphatic heterocycles. The largest absolute Gasteiger partial charge is 0.449 e. The van der Waals surface area contributed by atoms with Crippen molar-refractivity contribution in [1.82, 2.24) is 20.2 Å². The van der Waals surface area contributed by atoms with E-state index >= 15 is 0 Å². The molecule has 0 atom stereocenters. The molecule has 2 heterocycles. The number of ether oxygens (including phenoxy) is 1. The second kappa shape index (κ2) is 10.9. The molecule has 4 rings (SSSR count). The monoisotopic (exact) mass is 547 g/mol. The van der Waals surface area contributed by atoms with Gasteiger partial charge in [-0.1, -0.05) is 37.6 Å². The fourth-order valence-electron chi connectivity index (χ4n) is 3.33. The van der Waals surface area contributed by atoms with Gasteiger partial charge in [0.2, 0.25) is 0 Å². The quantitative estimate of drug-likeness (QED) is 0.216. The molecule has 0 spiro atoms. The lowest BCUT2D eigenvalue weighted by molar-refractivity contribution is -0.137. The average Bonchev–Trinajstić information content (AvgIpc) is 3.29. The number of fused-ring (bicyclic) bond motifs is 1. The molecule has 2 aromatic heterocycles. The summed E-state index contributed by atoms with van der Waals surface area (Å²) >= 11 is 5.61. The fraction of sp³-hybridized carbons (Fsp3) is 0.208. The number of hydrogen-bond donors (Lipinski definition) is 4. The Morgan fingerprint density at radius 2 is 1.71 bits per heavy atom. The van der Waals surface area contributed by atoms with E-state index in [0.717, 1.165) is 12.1 Å². The third-order valence-electron chi connectivity index (χ3n) is 5.07. The maximum Gasteiger partial charge on any atom is 0.417 e. The Morgan fingerprint density at radius 1 is 1.03 bits per heavy atom. The van der Waals surface area contributed by atoms with Crippen molar-refractivity contribution in [2.24, 2.45) is 5.92 Å². The van der Waals surface area contributed by atoms with Gasteiger partial charge in [-0.2, -0.15) is 18.3 Å². The summed E-state index contributed by atoms with van der Waals surface area (Å²) in [4.78, 5) is 32.6. The molecule has 0 bridgehead atoms. The lowest BCUT2D eigenvalue weighted by Gasteiger charge is -2.12. The van der Waals surface area contributed by atoms with Crippen LogP contribution in [-0.4, -0.2) is 38.9 Å². The summed E-state index contributed by atoms with van der Waals surface area (Å²) in [5.41, 5.74) is 1.20. The molecule has 2 aromatic carbocycles. The standard InChI is InChI=1S/C24H21ClF3N7O3/c1-12(2)10-38-23(37)33-21-20-19(29-11-30-21)18(34-35-20)13-3-5-14(6-4-13)31-22(36)32-15-7-8-17(25)16(9-15)24(26,27)28/h3-9,11-12H,10H2,1-2H3,(H,34,35)(H2,31,32,36)(H,29,30,33,37). The van der Waals surface area contributed by atoms with Gasteiger partial charge in [-0.3, -0.25) is 10.4 Å². The third-order valence-corrected chi connectivity index (χ3v) is 5.39. The molecule has 14 heteroatoms. The summed E-state index contributed by atoms with van der Waals surface area (Å²) in [5, 5.41) is 14.1. The third kappa shape index (κ3) is 6.29. The van der Waals surface area contributed by atoms with E-state index in [4.69, 9.17) is 16.3 Å². The average molecular weight is 548 g/mol. The molecule has 0 radical (unpaired) electrons. The van der Waals surface area contributed by atoms with Gasteiger partial charge in [0.05, 0.1) is 17.2 Å². The number of nitrogens with zero attached hydrogens (tertiary/aromatic N) is 3. The number of alkyl halides is 3. The highest BCUT2D eigenvalue weighted by Gasteiger charge is 2.33. The van der Waals surface area contributed by atoms with Crippen molar-refractivity contribution < 1.29 is 27.5 Å². The lowest BCUT2D eigenvalue weighted by atomic mass is 10.1. The van der Waals surface area contributed by atoms with Crippen LogP contribution in [0.3, 0.4) is 0 Å². The van der Waals surface area contributed by atoms with Gasteiger partial charge < -0.3 is 15.4 Å². The Balaban J connectivity index is 1.45. The summed E-state index contributed by atoms with van der Waals surface area (Å²) in [6.07, 6.45) is -4.03. The van der Waals surface area contributed by atoms with Gasteiger partial charge in [0.25, 0.3) is 0 Å². The zero-order chi connectivity index (χ0) is 27.4. The molecule has 0 fully saturated rings. The van der Waals surface area contributed by atoms with Crippen LogP contribution in [0, 0.1) is 5.92 Å². The number of carbonyl (C=O) groups excluding carboxylic acids is 2. The van der Waals surface area contributed by atoms with Gasteiger partial charge in [0.1, 0.15) is 23.1 Å². The van der Waals surface area contributed by atoms with E-state index in [-0.39, 0.29) is 24.0 Å². The number of benzene rings is 2. The Hall–Kier alpha value is -4.39. The number of rotatable bonds is 6. The lowest BCUT2D eigenvalue weighted by Crippen LogP contribution is -2.19. The predicted octanol–water partition coefficient (Wildman–Crippen LogP) is 6.54. The van der Waals surface area contributed by atoms with Crippen LogP contribution in [0.2, 0.25) is 5.02 Å². The van der Waals surface area contributed by atoms with Gasteiger partial charge in [-0.05, 0) is 36.2 Å². The maximum atomic E-state index is 13.0. The Morgan fingerprint density at radius 3 is 2.39 bits per heavy atom. The zero-order valence-electron chi connectivity index (χ0n) is 20.0. The normalized spacial score (nSPS) is 11.4. The van der Waals surface area contributed by atoms with Crippen LogP contribution in [0.4, 0.5) is 40.0 Å². The molecular formula is C24H21ClF3N7O3. The van der Waals surface area contributed by atoms with Gasteiger partial charge in [0, 0.05) is 16.9 Å². The highest BCUT2D eigenvalue weighted by atomic mass is 35.5. The van der Waals surface area contributed by atoms with Gasteiger partial charge in [-0.15, -0.1) is 0 Å². The SMILES string of the molecule is CC(C)COC(=O)Nc1ncnc2c(-c3ccc(NC(=O)Nc4ccc(Cl)c(C(F)(F)F)c4)cc3)n[nH]c12. The van der Waals surface area contributed by atoms with Crippen LogP contribution in [0.5, 0.6) is 0 Å². The summed E-state index contributed by atoms with van der Waals surface area (Å²) in [7, 11) is 0. The minimum atomic E-state index is -4.66. The van der Waals surface area contributed by atoms with Crippen LogP contribution >= 0.6 is 11.6 Å². The summed E-state index contributed by atoms with van der Waals surface area (Å²) in [6, 6.07) is 8.83. The van der Waals surface area contributed by atoms with Gasteiger partial charge in [0.15, 0.2) is 5.82 Å². The first-order chi connectivity index (χ1) is 18.0. The molecule has 10 nitrogen and oxygen atoms in total. The van der Waals surface area contributed by atoms with E-state index in [2.05, 4.69) is 36.1 Å². The molecule has 198 valence electrons. The van der Waals surface area contributed by atoms with E-state index in [1.54, 1.807) is 24.3 Å². The van der Waals surface area contributed by atoms with E-state index in [9.17, 15) is 22.8 Å². The molecule has 0 aliphatic carbocycles. The second-order valence-electron chi connectivity index (χ2n) is 8.48. The minimum absolute atomic E-state index is 0.0731. The number of carbonyl (C=O) groups is 2. The van der Waals surface area contributed by atoms with Crippen molar-refractivity contribution >= 4 is 52.0 Å². The number of halogens is 4. The van der Waals surface area contributed by atoms with Crippen LogP contribution in [0.15, 0.2) is 48.8 Å². The van der Waals surface area contributed by atoms with Gasteiger partial charge >= 0.3 is 18.3 Å². The first-order valence-corrected chi connectivity index (χ1v) is 11.6. The number of aromatic nitrogens is 4. The van der Waals surface area contributed by atoms with E-state index < -0.39 is 28.9 Å². The van der Waals surface area contributed by atoms with E-state index in [1.807, 2.05) is 13.8 Å². The Labute approximate surface area is 219 Å². The van der Waals surface area contributed by atoms with E-state index in [1.165, 1.54) is 12.4 Å². The van der Waals surface area contributed by atoms with Crippen molar-refractivity contribution in [1.29, 1.82) is 0 Å². The molecule has 0 unspecified atom stereocenters. The van der Waals surface area contributed by atoms with Gasteiger partial charge in [-0.25, -0.2) is 19.6 Å². The number of amides is 3. The fourth-order valence-corrected chi connectivity index (χ4v) is 3.56. The Bertz CT molecular complexity index is 1470. The molecule has 0 aliphatic rings. The molecule has 4 N–H and O–H groups in total. The van der Waals surface area contributed by atoms with Crippen LogP contribution < -0.4 is 16.0 Å². The highest BCUT2D eigenvalue weighted by molar-refractivity contribution is 6.31. The minimum Gasteiger partial charge on any atom is -0.449 e. The zero-order valence-corrected chi connectivity index (χ0v) is 20.7. The first-order valence-electron chi connectivity index (χ1n) is 11.2. The van der Waals surface area contributed by atoms with Crippen molar-refractivity contribution in [2.45, 2.75) is 20.0 Å². The summed E-state index contributed by atoms with van der Waals surface area (Å²) in [6.45, 7) is 4.08. The number of nitrogens with one attached hydrogen (secondary N) is 4. The maximum absolute atomic E-state index is 13.0. The smallest absolute Gasteiger partial charge is 0.417 e. The number of aromatic amines is 1. The predicted molar refractivity (Wildman–Crippen MR) is 136 cm³/mol. The molecule has 0 saturated heterocycles. The number of urea groups is 1. The Kier molecular flexibility index (Phi) is 7.67. The second-order valence-corrected chi connectivity index (χ2v) is 8.89. The van der Waals surface area contributed by atoms with Crippen LogP contribution in [0.25, 0.3) is 22.3 Å². The van der Waals surface area contributed by atoms with Crippen LogP contribution in [0.1, 0.15) is 19.4 Å². The number of hydrogen-bond acceptors (Lipinski definition) is 6. The molecule has 0 saturated carbocycles. The number of H-pyrrole nitrogens is 1. The van der Waals surface area contributed by atoms with Crippen molar-refractivity contribution in [2.75, 3.05) is 22.6 Å². The van der Waals surface area contributed by atoms with Crippen molar-refractivity contribution in [3.05, 3.63) is 59.4 Å². The molecule has 38 heavy (non-hydrogen) atoms. The number of anilines is 3. The van der Waals surface area contributed by atoms with Crippen LogP contribution in [-0.2, 0) is 10.9 Å². The molecule has 3 amide bonds. The molecule has 4 aromatic rings. The highest BCUT2D eigenvalue weighted by Crippen LogP contribution is 2.36. The van der Waals surface area contributed by atoms with Crippen molar-refractivity contribution in [3.8, 4) is 11.3 Å².